The van der Waals surface area contributed by atoms with Gasteiger partial charge in [-0.1, -0.05) is 19.9 Å². The molecule has 0 saturated heterocycles. The van der Waals surface area contributed by atoms with Crippen LogP contribution in [0.4, 0.5) is 11.6 Å². The van der Waals surface area contributed by atoms with Gasteiger partial charge < -0.3 is 5.32 Å². The second-order valence-electron chi connectivity index (χ2n) is 4.38. The molecule has 0 radical (unpaired) electrons. The summed E-state index contributed by atoms with van der Waals surface area (Å²) in [6.45, 7) is 7.28. The summed E-state index contributed by atoms with van der Waals surface area (Å²) in [5, 5.41) is 7.62. The predicted octanol–water partition coefficient (Wildman–Crippen LogP) is 3.30. The summed E-state index contributed by atoms with van der Waals surface area (Å²) < 4.78 is 1.97. The van der Waals surface area contributed by atoms with E-state index in [2.05, 4.69) is 42.2 Å². The van der Waals surface area contributed by atoms with Crippen molar-refractivity contribution in [3.63, 3.8) is 0 Å². The minimum absolute atomic E-state index is 0.885. The van der Waals surface area contributed by atoms with Gasteiger partial charge >= 0.3 is 0 Å². The summed E-state index contributed by atoms with van der Waals surface area (Å²) in [7, 11) is 0. The van der Waals surface area contributed by atoms with Gasteiger partial charge in [0.05, 0.1) is 6.20 Å². The van der Waals surface area contributed by atoms with Crippen LogP contribution in [0.3, 0.4) is 0 Å². The van der Waals surface area contributed by atoms with Crippen molar-refractivity contribution < 1.29 is 0 Å². The van der Waals surface area contributed by atoms with E-state index in [9.17, 15) is 0 Å². The van der Waals surface area contributed by atoms with Gasteiger partial charge in [0.15, 0.2) is 0 Å². The zero-order valence-corrected chi connectivity index (χ0v) is 11.3. The first kappa shape index (κ1) is 12.6. The van der Waals surface area contributed by atoms with Crippen molar-refractivity contribution in [1.29, 1.82) is 0 Å². The van der Waals surface area contributed by atoms with E-state index in [1.54, 1.807) is 0 Å². The summed E-state index contributed by atoms with van der Waals surface area (Å²) in [6, 6.07) is 6.09. The van der Waals surface area contributed by atoms with Crippen molar-refractivity contribution in [2.75, 3.05) is 5.32 Å². The molecule has 0 atom stereocenters. The minimum Gasteiger partial charge on any atom is -0.325 e. The number of aromatic nitrogens is 3. The molecule has 0 amide bonds. The molecule has 1 N–H and O–H groups in total. The molecule has 2 aromatic rings. The second kappa shape index (κ2) is 5.67. The SMILES string of the molecule is CCCn1nccc1Nc1ccc(C)c(CC)n1. The molecule has 0 saturated carbocycles. The zero-order chi connectivity index (χ0) is 13.0. The Morgan fingerprint density at radius 3 is 2.78 bits per heavy atom. The van der Waals surface area contributed by atoms with Gasteiger partial charge in [-0.05, 0) is 31.4 Å². The zero-order valence-electron chi connectivity index (χ0n) is 11.3. The smallest absolute Gasteiger partial charge is 0.131 e. The average molecular weight is 244 g/mol. The fraction of sp³-hybridized carbons (Fsp3) is 0.429. The van der Waals surface area contributed by atoms with Crippen molar-refractivity contribution in [2.45, 2.75) is 40.2 Å². The molecule has 0 aliphatic rings. The van der Waals surface area contributed by atoms with E-state index in [0.29, 0.717) is 0 Å². The van der Waals surface area contributed by atoms with E-state index >= 15 is 0 Å². The van der Waals surface area contributed by atoms with Crippen LogP contribution in [0.5, 0.6) is 0 Å². The summed E-state index contributed by atoms with van der Waals surface area (Å²) in [5.41, 5.74) is 2.38. The van der Waals surface area contributed by atoms with Crippen LogP contribution in [-0.4, -0.2) is 14.8 Å². The van der Waals surface area contributed by atoms with Gasteiger partial charge in [0, 0.05) is 18.3 Å². The Morgan fingerprint density at radius 2 is 2.06 bits per heavy atom. The third-order valence-electron chi connectivity index (χ3n) is 2.94. The average Bonchev–Trinajstić information content (AvgIpc) is 2.80. The molecule has 18 heavy (non-hydrogen) atoms. The highest BCUT2D eigenvalue weighted by Gasteiger charge is 2.04. The lowest BCUT2D eigenvalue weighted by Crippen LogP contribution is -2.06. The maximum absolute atomic E-state index is 4.61. The van der Waals surface area contributed by atoms with Crippen molar-refractivity contribution >= 4 is 11.6 Å². The molecule has 0 fully saturated rings. The first-order valence-corrected chi connectivity index (χ1v) is 6.50. The van der Waals surface area contributed by atoms with Gasteiger partial charge in [-0.25, -0.2) is 9.67 Å². The summed E-state index contributed by atoms with van der Waals surface area (Å²) in [6.07, 6.45) is 3.83. The van der Waals surface area contributed by atoms with E-state index in [4.69, 9.17) is 0 Å². The van der Waals surface area contributed by atoms with E-state index in [0.717, 1.165) is 36.7 Å². The molecule has 2 aromatic heterocycles. The molecule has 0 spiro atoms. The lowest BCUT2D eigenvalue weighted by Gasteiger charge is -2.10. The van der Waals surface area contributed by atoms with Crippen molar-refractivity contribution in [3.05, 3.63) is 35.7 Å². The number of hydrogen-bond acceptors (Lipinski definition) is 3. The fourth-order valence-electron chi connectivity index (χ4n) is 1.96. The number of nitrogens with one attached hydrogen (secondary N) is 1. The number of anilines is 2. The third-order valence-corrected chi connectivity index (χ3v) is 2.94. The lowest BCUT2D eigenvalue weighted by atomic mass is 10.2. The van der Waals surface area contributed by atoms with Gasteiger partial charge in [0.2, 0.25) is 0 Å². The summed E-state index contributed by atoms with van der Waals surface area (Å²) in [4.78, 5) is 4.61. The maximum Gasteiger partial charge on any atom is 0.131 e. The molecule has 0 bridgehead atoms. The molecule has 0 aliphatic heterocycles. The highest BCUT2D eigenvalue weighted by atomic mass is 15.3. The largest absolute Gasteiger partial charge is 0.325 e. The normalized spacial score (nSPS) is 10.6. The molecule has 4 nitrogen and oxygen atoms in total. The van der Waals surface area contributed by atoms with Crippen molar-refractivity contribution in [3.8, 4) is 0 Å². The Bertz CT molecular complexity index is 516. The van der Waals surface area contributed by atoms with Gasteiger partial charge in [-0.15, -0.1) is 0 Å². The number of hydrogen-bond donors (Lipinski definition) is 1. The van der Waals surface area contributed by atoms with Crippen LogP contribution in [-0.2, 0) is 13.0 Å². The van der Waals surface area contributed by atoms with E-state index in [1.165, 1.54) is 5.56 Å². The predicted molar refractivity (Wildman–Crippen MR) is 74.2 cm³/mol. The fourth-order valence-corrected chi connectivity index (χ4v) is 1.96. The maximum atomic E-state index is 4.61. The van der Waals surface area contributed by atoms with Gasteiger partial charge in [-0.3, -0.25) is 0 Å². The topological polar surface area (TPSA) is 42.7 Å². The van der Waals surface area contributed by atoms with Gasteiger partial charge in [0.25, 0.3) is 0 Å². The van der Waals surface area contributed by atoms with E-state index < -0.39 is 0 Å². The minimum atomic E-state index is 0.885. The molecular weight excluding hydrogens is 224 g/mol. The van der Waals surface area contributed by atoms with Crippen LogP contribution in [0.25, 0.3) is 0 Å². The summed E-state index contributed by atoms with van der Waals surface area (Å²) >= 11 is 0. The first-order valence-electron chi connectivity index (χ1n) is 6.50. The Labute approximate surface area is 108 Å². The van der Waals surface area contributed by atoms with Gasteiger partial charge in [-0.2, -0.15) is 5.10 Å². The first-order chi connectivity index (χ1) is 8.74. The van der Waals surface area contributed by atoms with Crippen LogP contribution in [0.1, 0.15) is 31.5 Å². The molecular formula is C14H20N4. The van der Waals surface area contributed by atoms with E-state index in [1.807, 2.05) is 23.0 Å². The Kier molecular flexibility index (Phi) is 3.97. The highest BCUT2D eigenvalue weighted by molar-refractivity contribution is 5.52. The quantitative estimate of drug-likeness (QED) is 0.877. The molecule has 96 valence electrons. The van der Waals surface area contributed by atoms with Crippen LogP contribution in [0.15, 0.2) is 24.4 Å². The number of nitrogens with zero attached hydrogens (tertiary/aromatic N) is 3. The van der Waals surface area contributed by atoms with Crippen molar-refractivity contribution in [1.82, 2.24) is 14.8 Å². The third kappa shape index (κ3) is 2.70. The molecule has 0 unspecified atom stereocenters. The Morgan fingerprint density at radius 1 is 1.22 bits per heavy atom. The number of pyridine rings is 1. The lowest BCUT2D eigenvalue weighted by molar-refractivity contribution is 0.610. The van der Waals surface area contributed by atoms with Crippen LogP contribution in [0, 0.1) is 6.92 Å². The van der Waals surface area contributed by atoms with Crippen LogP contribution >= 0.6 is 0 Å². The number of aryl methyl sites for hydroxylation is 3. The molecule has 0 aromatic carbocycles. The number of rotatable bonds is 5. The highest BCUT2D eigenvalue weighted by Crippen LogP contribution is 2.16. The summed E-state index contributed by atoms with van der Waals surface area (Å²) in [5.74, 6) is 1.88. The molecule has 0 aliphatic carbocycles. The second-order valence-corrected chi connectivity index (χ2v) is 4.38. The molecule has 4 heteroatoms. The van der Waals surface area contributed by atoms with E-state index in [-0.39, 0.29) is 0 Å². The van der Waals surface area contributed by atoms with Crippen LogP contribution < -0.4 is 5.32 Å². The van der Waals surface area contributed by atoms with Crippen molar-refractivity contribution in [2.24, 2.45) is 0 Å². The standard InChI is InChI=1S/C14H20N4/c1-4-10-18-14(8-9-15-18)17-13-7-6-11(3)12(5-2)16-13/h6-9H,4-5,10H2,1-3H3,(H,16,17). The Hall–Kier alpha value is -1.84. The van der Waals surface area contributed by atoms with Crippen LogP contribution in [0.2, 0.25) is 0 Å². The molecule has 2 rings (SSSR count). The van der Waals surface area contributed by atoms with Gasteiger partial charge in [0.1, 0.15) is 11.6 Å². The Balaban J connectivity index is 2.20. The molecule has 2 heterocycles. The monoisotopic (exact) mass is 244 g/mol.